The Balaban J connectivity index is 1.98. The maximum absolute atomic E-state index is 12.5. The van der Waals surface area contributed by atoms with Crippen LogP contribution in [-0.2, 0) is 19.0 Å². The molecule has 3 N–H and O–H groups in total. The number of amides is 1. The molecule has 4 atom stereocenters. The number of hydrogen-bond donors (Lipinski definition) is 2. The molecule has 116 valence electrons. The minimum Gasteiger partial charge on any atom is -0.382 e. The Hall–Kier alpha value is -0.690. The van der Waals surface area contributed by atoms with Crippen molar-refractivity contribution in [1.82, 2.24) is 5.32 Å². The second-order valence-corrected chi connectivity index (χ2v) is 6.30. The lowest BCUT2D eigenvalue weighted by atomic mass is 9.48. The van der Waals surface area contributed by atoms with E-state index < -0.39 is 5.54 Å². The Labute approximate surface area is 120 Å². The van der Waals surface area contributed by atoms with E-state index >= 15 is 0 Å². The maximum atomic E-state index is 12.5. The van der Waals surface area contributed by atoms with Gasteiger partial charge < -0.3 is 25.3 Å². The number of ether oxygens (including phenoxy) is 3. The summed E-state index contributed by atoms with van der Waals surface area (Å²) in [6, 6.07) is 0. The lowest BCUT2D eigenvalue weighted by Gasteiger charge is -2.60. The zero-order valence-corrected chi connectivity index (χ0v) is 12.8. The van der Waals surface area contributed by atoms with Crippen molar-refractivity contribution in [2.24, 2.45) is 17.1 Å². The van der Waals surface area contributed by atoms with Crippen molar-refractivity contribution in [2.75, 3.05) is 34.0 Å². The van der Waals surface area contributed by atoms with E-state index in [2.05, 4.69) is 5.32 Å². The predicted octanol–water partition coefficient (Wildman–Crippen LogP) is -0.0936. The van der Waals surface area contributed by atoms with E-state index in [4.69, 9.17) is 19.9 Å². The van der Waals surface area contributed by atoms with E-state index in [1.54, 1.807) is 14.2 Å². The number of nitrogens with one attached hydrogen (secondary N) is 1. The number of fused-ring (bicyclic) bond motifs is 1. The Morgan fingerprint density at radius 1 is 1.50 bits per heavy atom. The molecule has 1 saturated heterocycles. The van der Waals surface area contributed by atoms with Crippen LogP contribution in [0, 0.1) is 11.3 Å². The van der Waals surface area contributed by atoms with Crippen LogP contribution in [0.4, 0.5) is 0 Å². The highest BCUT2D eigenvalue weighted by Crippen LogP contribution is 2.58. The summed E-state index contributed by atoms with van der Waals surface area (Å²) >= 11 is 0. The number of carbonyl (C=O) groups is 1. The molecule has 1 amide bonds. The molecule has 0 spiro atoms. The molecule has 2 rings (SSSR count). The summed E-state index contributed by atoms with van der Waals surface area (Å²) < 4.78 is 16.0. The van der Waals surface area contributed by atoms with Gasteiger partial charge in [0.25, 0.3) is 0 Å². The Morgan fingerprint density at radius 2 is 2.20 bits per heavy atom. The first-order valence-electron chi connectivity index (χ1n) is 7.10. The van der Waals surface area contributed by atoms with Crippen LogP contribution in [0.2, 0.25) is 0 Å². The molecule has 4 unspecified atom stereocenters. The first kappa shape index (κ1) is 15.7. The smallest absolute Gasteiger partial charge is 0.241 e. The number of carbonyl (C=O) groups excluding carboxylic acids is 1. The van der Waals surface area contributed by atoms with Gasteiger partial charge in [0.2, 0.25) is 5.91 Å². The Bertz CT molecular complexity index is 374. The van der Waals surface area contributed by atoms with Gasteiger partial charge in [-0.3, -0.25) is 4.79 Å². The molecule has 6 nitrogen and oxygen atoms in total. The molecule has 0 aromatic heterocycles. The normalized spacial score (nSPS) is 36.0. The number of nitrogens with two attached hydrogens (primary N) is 1. The molecule has 1 aliphatic heterocycles. The van der Waals surface area contributed by atoms with Gasteiger partial charge in [-0.2, -0.15) is 0 Å². The van der Waals surface area contributed by atoms with Crippen LogP contribution in [0.3, 0.4) is 0 Å². The molecule has 20 heavy (non-hydrogen) atoms. The summed E-state index contributed by atoms with van der Waals surface area (Å²) in [5.41, 5.74) is 5.24. The molecule has 2 fully saturated rings. The van der Waals surface area contributed by atoms with Crippen LogP contribution in [-0.4, -0.2) is 57.6 Å². The third-order valence-electron chi connectivity index (χ3n) is 5.01. The van der Waals surface area contributed by atoms with Gasteiger partial charge in [-0.15, -0.1) is 0 Å². The van der Waals surface area contributed by atoms with Crippen LogP contribution in [0.1, 0.15) is 20.3 Å². The van der Waals surface area contributed by atoms with Gasteiger partial charge in [0.1, 0.15) is 5.54 Å². The van der Waals surface area contributed by atoms with Gasteiger partial charge in [-0.25, -0.2) is 0 Å². The maximum Gasteiger partial charge on any atom is 0.241 e. The summed E-state index contributed by atoms with van der Waals surface area (Å²) in [5.74, 6) is -0.00618. The molecule has 2 aliphatic rings. The lowest BCUT2D eigenvalue weighted by molar-refractivity contribution is -0.175. The Kier molecular flexibility index (Phi) is 4.39. The van der Waals surface area contributed by atoms with Crippen molar-refractivity contribution in [2.45, 2.75) is 38.0 Å². The minimum absolute atomic E-state index is 0.0930. The van der Waals surface area contributed by atoms with Gasteiger partial charge in [-0.1, -0.05) is 13.8 Å². The van der Waals surface area contributed by atoms with Crippen LogP contribution >= 0.6 is 0 Å². The zero-order chi connectivity index (χ0) is 15.0. The van der Waals surface area contributed by atoms with E-state index in [9.17, 15) is 4.79 Å². The van der Waals surface area contributed by atoms with Crippen molar-refractivity contribution in [3.63, 3.8) is 0 Å². The molecule has 1 aliphatic carbocycles. The van der Waals surface area contributed by atoms with E-state index in [0.717, 1.165) is 6.42 Å². The van der Waals surface area contributed by atoms with Crippen molar-refractivity contribution in [3.05, 3.63) is 0 Å². The van der Waals surface area contributed by atoms with Crippen LogP contribution in [0.25, 0.3) is 0 Å². The van der Waals surface area contributed by atoms with Gasteiger partial charge in [0.05, 0.1) is 18.8 Å². The first-order valence-corrected chi connectivity index (χ1v) is 7.10. The Morgan fingerprint density at radius 3 is 2.80 bits per heavy atom. The molecule has 1 heterocycles. The van der Waals surface area contributed by atoms with Crippen molar-refractivity contribution >= 4 is 5.91 Å². The molecule has 0 aromatic rings. The molecule has 6 heteroatoms. The van der Waals surface area contributed by atoms with Gasteiger partial charge >= 0.3 is 0 Å². The summed E-state index contributed by atoms with van der Waals surface area (Å²) in [5, 5.41) is 2.90. The fourth-order valence-corrected chi connectivity index (χ4v) is 3.59. The average Bonchev–Trinajstić information content (AvgIpc) is 2.90. The predicted molar refractivity (Wildman–Crippen MR) is 74.2 cm³/mol. The molecular formula is C14H26N2O4. The van der Waals surface area contributed by atoms with Gasteiger partial charge in [0, 0.05) is 38.7 Å². The van der Waals surface area contributed by atoms with Crippen LogP contribution < -0.4 is 11.1 Å². The molecular weight excluding hydrogens is 260 g/mol. The van der Waals surface area contributed by atoms with E-state index in [1.165, 1.54) is 0 Å². The molecule has 0 aromatic carbocycles. The van der Waals surface area contributed by atoms with Crippen LogP contribution in [0.15, 0.2) is 0 Å². The average molecular weight is 286 g/mol. The highest BCUT2D eigenvalue weighted by molar-refractivity contribution is 5.89. The zero-order valence-electron chi connectivity index (χ0n) is 12.8. The molecule has 0 bridgehead atoms. The van der Waals surface area contributed by atoms with Crippen LogP contribution in [0.5, 0.6) is 0 Å². The van der Waals surface area contributed by atoms with Crippen molar-refractivity contribution in [1.29, 1.82) is 0 Å². The first-order chi connectivity index (χ1) is 9.39. The number of hydrogen-bond acceptors (Lipinski definition) is 5. The highest BCUT2D eigenvalue weighted by atomic mass is 16.5. The summed E-state index contributed by atoms with van der Waals surface area (Å²) in [6.07, 6.45) is 0.783. The minimum atomic E-state index is -0.862. The lowest BCUT2D eigenvalue weighted by Crippen LogP contribution is -2.80. The molecule has 0 radical (unpaired) electrons. The second-order valence-electron chi connectivity index (χ2n) is 6.30. The number of methoxy groups -OCH3 is 2. The topological polar surface area (TPSA) is 82.8 Å². The van der Waals surface area contributed by atoms with Crippen molar-refractivity contribution < 1.29 is 19.0 Å². The second kappa shape index (κ2) is 5.60. The quantitative estimate of drug-likeness (QED) is 0.713. The SMILES string of the molecule is COCC(CNC(=O)C1(N)C2CCOC2C1(C)C)OC. The fraction of sp³-hybridized carbons (Fsp3) is 0.929. The van der Waals surface area contributed by atoms with E-state index in [0.29, 0.717) is 19.8 Å². The fourth-order valence-electron chi connectivity index (χ4n) is 3.59. The molecule has 1 saturated carbocycles. The van der Waals surface area contributed by atoms with E-state index in [-0.39, 0.29) is 29.4 Å². The van der Waals surface area contributed by atoms with E-state index in [1.807, 2.05) is 13.8 Å². The summed E-state index contributed by atoms with van der Waals surface area (Å²) in [6.45, 7) is 5.53. The third-order valence-corrected chi connectivity index (χ3v) is 5.01. The monoisotopic (exact) mass is 286 g/mol. The van der Waals surface area contributed by atoms with Gasteiger partial charge in [-0.05, 0) is 6.42 Å². The summed E-state index contributed by atoms with van der Waals surface area (Å²) in [4.78, 5) is 12.5. The van der Waals surface area contributed by atoms with Crippen molar-refractivity contribution in [3.8, 4) is 0 Å². The summed E-state index contributed by atoms with van der Waals surface area (Å²) in [7, 11) is 3.20. The largest absolute Gasteiger partial charge is 0.382 e. The standard InChI is InChI=1S/C14H26N2O4/c1-13(2)11-10(5-6-20-11)14(13,15)12(17)16-7-9(19-4)8-18-3/h9-11H,5-8,15H2,1-4H3,(H,16,17). The number of rotatable bonds is 6. The van der Waals surface area contributed by atoms with Gasteiger partial charge in [0.15, 0.2) is 0 Å². The third kappa shape index (κ3) is 2.15. The highest BCUT2D eigenvalue weighted by Gasteiger charge is 2.71.